The highest BCUT2D eigenvalue weighted by molar-refractivity contribution is 4.85. The van der Waals surface area contributed by atoms with Gasteiger partial charge in [0.05, 0.1) is 9.27 Å². The van der Waals surface area contributed by atoms with Crippen LogP contribution in [0.4, 0.5) is 8.87 Å². The molecule has 0 spiro atoms. The molecule has 1 aromatic heterocycles. The topological polar surface area (TPSA) is 96.1 Å². The molecule has 1 heterocycles. The molecule has 0 saturated heterocycles. The van der Waals surface area contributed by atoms with Gasteiger partial charge in [0.25, 0.3) is 0 Å². The fraction of sp³-hybridized carbons (Fsp3) is 0. The van der Waals surface area contributed by atoms with Crippen LogP contribution in [0.3, 0.4) is 0 Å². The molecule has 0 N–H and O–H groups in total. The fourth-order valence-electron chi connectivity index (χ4n) is 0.403. The molecule has 0 aliphatic carbocycles. The third kappa shape index (κ3) is 9.05. The van der Waals surface area contributed by atoms with Crippen molar-refractivity contribution in [1.82, 2.24) is 0 Å². The number of hydrogen-bond acceptors (Lipinski definition) is 4. The summed E-state index contributed by atoms with van der Waals surface area (Å²) in [6.45, 7) is 0. The van der Waals surface area contributed by atoms with Crippen molar-refractivity contribution in [1.29, 1.82) is 0 Å². The minimum Gasteiger partial charge on any atom is -0.222 e. The zero-order valence-corrected chi connectivity index (χ0v) is 6.78. The van der Waals surface area contributed by atoms with Gasteiger partial charge in [0.2, 0.25) is 6.20 Å². The first-order chi connectivity index (χ1) is 5.80. The van der Waals surface area contributed by atoms with E-state index in [9.17, 15) is 8.87 Å². The Labute approximate surface area is 73.8 Å². The highest BCUT2D eigenvalue weighted by Gasteiger charge is 2.04. The second kappa shape index (κ2) is 5.00. The lowest BCUT2D eigenvalue weighted by Crippen LogP contribution is -2.68. The van der Waals surface area contributed by atoms with E-state index in [0.29, 0.717) is 0 Å². The lowest BCUT2D eigenvalue weighted by atomic mass is 10.5. The van der Waals surface area contributed by atoms with Gasteiger partial charge >= 0.3 is 5.95 Å². The van der Waals surface area contributed by atoms with E-state index < -0.39 is 16.2 Å². The molecular formula is C5H4ClF2NO4. The third-order valence-electron chi connectivity index (χ3n) is 0.766. The number of hydrogen-bond donors (Lipinski definition) is 0. The molecule has 0 saturated carbocycles. The predicted molar refractivity (Wildman–Crippen MR) is 23.1 cm³/mol. The number of nitrogens with zero attached hydrogens (tertiary/aromatic N) is 1. The summed E-state index contributed by atoms with van der Waals surface area (Å²) in [4.78, 5) is -0.0833. The Kier molecular flexibility index (Phi) is 4.67. The Bertz CT molecular complexity index is 240. The summed E-state index contributed by atoms with van der Waals surface area (Å²) >= 11 is 0. The molecule has 0 aliphatic rings. The normalized spacial score (nSPS) is 10.3. The van der Waals surface area contributed by atoms with Gasteiger partial charge in [-0.15, -0.1) is 14.6 Å². The number of pyridine rings is 1. The van der Waals surface area contributed by atoms with Crippen LogP contribution in [0.25, 0.3) is 0 Å². The molecule has 0 bridgehead atoms. The van der Waals surface area contributed by atoms with E-state index in [1.165, 1.54) is 12.1 Å². The first-order valence-corrected chi connectivity index (χ1v) is 3.98. The average Bonchev–Trinajstić information content (AvgIpc) is 1.92. The lowest BCUT2D eigenvalue weighted by Gasteiger charge is -2.17. The summed E-state index contributed by atoms with van der Waals surface area (Å²) in [5.74, 6) is -0.882. The van der Waals surface area contributed by atoms with Gasteiger partial charge in [-0.05, 0) is 6.07 Å². The van der Waals surface area contributed by atoms with Gasteiger partial charge in [0.15, 0.2) is 0 Å². The number of rotatable bonds is 0. The van der Waals surface area contributed by atoms with Gasteiger partial charge in [0.1, 0.15) is 0 Å². The van der Waals surface area contributed by atoms with Crippen LogP contribution in [-0.2, 0) is 0 Å². The minimum atomic E-state index is -4.94. The van der Waals surface area contributed by atoms with E-state index in [0.717, 1.165) is 12.3 Å². The van der Waals surface area contributed by atoms with Crippen molar-refractivity contribution in [2.75, 3.05) is 0 Å². The fourth-order valence-corrected chi connectivity index (χ4v) is 0.403. The Morgan fingerprint density at radius 1 is 1.15 bits per heavy atom. The van der Waals surface area contributed by atoms with Crippen LogP contribution in [0, 0.1) is 16.2 Å². The van der Waals surface area contributed by atoms with Crippen LogP contribution in [0.15, 0.2) is 24.4 Å². The molecule has 0 radical (unpaired) electrons. The van der Waals surface area contributed by atoms with Gasteiger partial charge < -0.3 is 0 Å². The molecule has 8 heteroatoms. The highest BCUT2D eigenvalue weighted by atomic mass is 35.7. The first kappa shape index (κ1) is 12.1. The molecule has 0 fully saturated rings. The van der Waals surface area contributed by atoms with Gasteiger partial charge in [0, 0.05) is 12.1 Å². The highest BCUT2D eigenvalue weighted by Crippen LogP contribution is 1.85. The van der Waals surface area contributed by atoms with Crippen molar-refractivity contribution >= 4 is 0 Å². The lowest BCUT2D eigenvalue weighted by molar-refractivity contribution is -2.00. The van der Waals surface area contributed by atoms with Crippen LogP contribution in [0.1, 0.15) is 0 Å². The summed E-state index contributed by atoms with van der Waals surface area (Å²) in [6.07, 6.45) is 0.995. The van der Waals surface area contributed by atoms with Crippen molar-refractivity contribution in [2.45, 2.75) is 0 Å². The maximum absolute atomic E-state index is 11.9. The van der Waals surface area contributed by atoms with Crippen LogP contribution in [0.5, 0.6) is 0 Å². The standard InChI is InChI=1S/C5H4F2N.ClHO4/c6-5-3-1-2-4-8(5)7;2-1(3,4)5/h1-4H;(H,2,3,4,5)/q+1;/p-1. The minimum absolute atomic E-state index is 0.0833. The maximum atomic E-state index is 11.9. The monoisotopic (exact) mass is 215 g/mol. The third-order valence-corrected chi connectivity index (χ3v) is 0.766. The summed E-state index contributed by atoms with van der Waals surface area (Å²) < 4.78 is 57.7. The number of halogens is 3. The molecule has 1 rings (SSSR count). The summed E-state index contributed by atoms with van der Waals surface area (Å²) in [5, 5.41) is 0. The maximum Gasteiger partial charge on any atom is 0.404 e. The van der Waals surface area contributed by atoms with Crippen molar-refractivity contribution in [2.24, 2.45) is 0 Å². The van der Waals surface area contributed by atoms with E-state index in [-0.39, 0.29) is 4.79 Å². The average molecular weight is 216 g/mol. The van der Waals surface area contributed by atoms with Crippen molar-refractivity contribution < 1.29 is 42.5 Å². The largest absolute Gasteiger partial charge is 0.404 e. The van der Waals surface area contributed by atoms with E-state index in [1.54, 1.807) is 0 Å². The first-order valence-electron chi connectivity index (χ1n) is 2.75. The Morgan fingerprint density at radius 2 is 1.62 bits per heavy atom. The van der Waals surface area contributed by atoms with E-state index >= 15 is 0 Å². The zero-order chi connectivity index (χ0) is 10.5. The molecule has 13 heavy (non-hydrogen) atoms. The van der Waals surface area contributed by atoms with Gasteiger partial charge in [-0.3, -0.25) is 0 Å². The molecule has 74 valence electrons. The predicted octanol–water partition coefficient (Wildman–Crippen LogP) is -3.91. The molecule has 5 nitrogen and oxygen atoms in total. The molecule has 0 aromatic carbocycles. The Morgan fingerprint density at radius 3 is 1.85 bits per heavy atom. The molecular weight excluding hydrogens is 212 g/mol. The van der Waals surface area contributed by atoms with E-state index in [1.807, 2.05) is 0 Å². The second-order valence-electron chi connectivity index (χ2n) is 1.71. The quantitative estimate of drug-likeness (QED) is 0.413. The van der Waals surface area contributed by atoms with Crippen molar-refractivity contribution in [3.63, 3.8) is 0 Å². The molecule has 0 atom stereocenters. The summed E-state index contributed by atoms with van der Waals surface area (Å²) in [5.41, 5.74) is 0. The van der Waals surface area contributed by atoms with Gasteiger partial charge in [-0.2, -0.15) is 0 Å². The zero-order valence-electron chi connectivity index (χ0n) is 6.02. The van der Waals surface area contributed by atoms with Crippen molar-refractivity contribution in [3.05, 3.63) is 30.3 Å². The van der Waals surface area contributed by atoms with E-state index in [4.69, 9.17) is 18.6 Å². The Balaban J connectivity index is 0.000000252. The van der Waals surface area contributed by atoms with Crippen molar-refractivity contribution in [3.8, 4) is 0 Å². The molecule has 0 aliphatic heterocycles. The van der Waals surface area contributed by atoms with E-state index in [2.05, 4.69) is 0 Å². The van der Waals surface area contributed by atoms with Gasteiger partial charge in [-0.1, -0.05) is 0 Å². The van der Waals surface area contributed by atoms with Crippen LogP contribution >= 0.6 is 0 Å². The van der Waals surface area contributed by atoms with Gasteiger partial charge in [-0.25, -0.2) is 18.6 Å². The SMILES string of the molecule is Fc1cccc[n+]1F.[O-][Cl+3]([O-])([O-])[O-]. The molecule has 0 amide bonds. The molecule has 0 unspecified atom stereocenters. The smallest absolute Gasteiger partial charge is 0.222 e. The second-order valence-corrected chi connectivity index (χ2v) is 2.47. The Hall–Kier alpha value is -0.860. The van der Waals surface area contributed by atoms with Crippen LogP contribution in [-0.4, -0.2) is 0 Å². The van der Waals surface area contributed by atoms with Crippen LogP contribution < -0.4 is 23.4 Å². The summed E-state index contributed by atoms with van der Waals surface area (Å²) in [7, 11) is -4.94. The van der Waals surface area contributed by atoms with Crippen LogP contribution in [0.2, 0.25) is 0 Å². The molecule has 1 aromatic rings. The summed E-state index contributed by atoms with van der Waals surface area (Å²) in [6, 6.07) is 3.87. The number of aromatic nitrogens is 1.